The van der Waals surface area contributed by atoms with Crippen LogP contribution in [0.4, 0.5) is 0 Å². The summed E-state index contributed by atoms with van der Waals surface area (Å²) in [5.41, 5.74) is 1.49. The van der Waals surface area contributed by atoms with Crippen LogP contribution < -0.4 is 0 Å². The van der Waals surface area contributed by atoms with Gasteiger partial charge in [-0.25, -0.2) is 0 Å². The Bertz CT molecular complexity index is 349. The average molecular weight is 207 g/mol. The topological polar surface area (TPSA) is 42.4 Å². The highest BCUT2D eigenvalue weighted by Gasteiger charge is 2.38. The number of pyridine rings is 1. The third-order valence-corrected chi connectivity index (χ3v) is 3.15. The maximum absolute atomic E-state index is 10.3. The van der Waals surface area contributed by atoms with Gasteiger partial charge < -0.3 is 9.84 Å². The van der Waals surface area contributed by atoms with E-state index in [1.165, 1.54) is 5.56 Å². The Balaban J connectivity index is 2.27. The van der Waals surface area contributed by atoms with Crippen molar-refractivity contribution in [2.45, 2.75) is 31.3 Å². The molecule has 3 nitrogen and oxygen atoms in total. The van der Waals surface area contributed by atoms with Crippen LogP contribution in [-0.4, -0.2) is 29.4 Å². The van der Waals surface area contributed by atoms with Gasteiger partial charge in [-0.05, 0) is 31.4 Å². The minimum atomic E-state index is -0.811. The second-order valence-electron chi connectivity index (χ2n) is 4.43. The molecule has 1 aromatic rings. The first-order valence-electron chi connectivity index (χ1n) is 5.30. The van der Waals surface area contributed by atoms with E-state index in [1.807, 2.05) is 13.0 Å². The van der Waals surface area contributed by atoms with E-state index in [-0.39, 0.29) is 5.92 Å². The SMILES string of the molecule is COCC(C)(O)C1CCc2cccnc21. The zero-order valence-corrected chi connectivity index (χ0v) is 9.23. The van der Waals surface area contributed by atoms with Crippen molar-refractivity contribution in [1.29, 1.82) is 0 Å². The van der Waals surface area contributed by atoms with Gasteiger partial charge in [0.1, 0.15) is 0 Å². The second-order valence-corrected chi connectivity index (χ2v) is 4.43. The van der Waals surface area contributed by atoms with Crippen molar-refractivity contribution in [3.63, 3.8) is 0 Å². The molecule has 2 rings (SSSR count). The Kier molecular flexibility index (Phi) is 2.76. The van der Waals surface area contributed by atoms with Gasteiger partial charge in [0.05, 0.1) is 12.2 Å². The lowest BCUT2D eigenvalue weighted by Gasteiger charge is -2.29. The molecule has 2 unspecified atom stereocenters. The summed E-state index contributed by atoms with van der Waals surface area (Å²) in [6.45, 7) is 2.18. The van der Waals surface area contributed by atoms with E-state index in [2.05, 4.69) is 11.1 Å². The molecule has 0 radical (unpaired) electrons. The van der Waals surface area contributed by atoms with Crippen LogP contribution >= 0.6 is 0 Å². The van der Waals surface area contributed by atoms with Crippen molar-refractivity contribution in [2.75, 3.05) is 13.7 Å². The van der Waals surface area contributed by atoms with Gasteiger partial charge in [-0.2, -0.15) is 0 Å². The molecule has 0 aromatic carbocycles. The Morgan fingerprint density at radius 3 is 3.20 bits per heavy atom. The van der Waals surface area contributed by atoms with Crippen molar-refractivity contribution in [3.05, 3.63) is 29.6 Å². The average Bonchev–Trinajstić information content (AvgIpc) is 2.61. The molecule has 3 heteroatoms. The maximum Gasteiger partial charge on any atom is 0.0935 e. The van der Waals surface area contributed by atoms with Gasteiger partial charge in [-0.3, -0.25) is 4.98 Å². The molecule has 1 aromatic heterocycles. The van der Waals surface area contributed by atoms with Gasteiger partial charge in [0.25, 0.3) is 0 Å². The number of rotatable bonds is 3. The second kappa shape index (κ2) is 3.91. The smallest absolute Gasteiger partial charge is 0.0935 e. The largest absolute Gasteiger partial charge is 0.387 e. The van der Waals surface area contributed by atoms with Crippen LogP contribution in [0, 0.1) is 0 Å². The fourth-order valence-electron chi connectivity index (χ4n) is 2.41. The van der Waals surface area contributed by atoms with Gasteiger partial charge in [0.15, 0.2) is 0 Å². The molecule has 1 aliphatic rings. The molecule has 0 saturated carbocycles. The highest BCUT2D eigenvalue weighted by atomic mass is 16.5. The third kappa shape index (κ3) is 1.90. The van der Waals surface area contributed by atoms with Gasteiger partial charge in [0.2, 0.25) is 0 Å². The predicted molar refractivity (Wildman–Crippen MR) is 57.8 cm³/mol. The fraction of sp³-hybridized carbons (Fsp3) is 0.583. The molecule has 82 valence electrons. The monoisotopic (exact) mass is 207 g/mol. The molecule has 0 bridgehead atoms. The summed E-state index contributed by atoms with van der Waals surface area (Å²) in [5, 5.41) is 10.3. The van der Waals surface area contributed by atoms with Crippen molar-refractivity contribution in [2.24, 2.45) is 0 Å². The van der Waals surface area contributed by atoms with Crippen LogP contribution in [0.15, 0.2) is 18.3 Å². The van der Waals surface area contributed by atoms with Gasteiger partial charge in [-0.15, -0.1) is 0 Å². The summed E-state index contributed by atoms with van der Waals surface area (Å²) in [6.07, 6.45) is 3.76. The van der Waals surface area contributed by atoms with Crippen LogP contribution in [0.3, 0.4) is 0 Å². The molecule has 1 N–H and O–H groups in total. The van der Waals surface area contributed by atoms with E-state index < -0.39 is 5.60 Å². The van der Waals surface area contributed by atoms with Crippen LogP contribution in [-0.2, 0) is 11.2 Å². The summed E-state index contributed by atoms with van der Waals surface area (Å²) in [4.78, 5) is 4.37. The minimum Gasteiger partial charge on any atom is -0.387 e. The zero-order chi connectivity index (χ0) is 10.9. The van der Waals surface area contributed by atoms with E-state index in [4.69, 9.17) is 4.74 Å². The first kappa shape index (κ1) is 10.6. The Labute approximate surface area is 90.1 Å². The molecule has 0 amide bonds. The molecule has 1 heterocycles. The molecule has 2 atom stereocenters. The normalized spacial score (nSPS) is 23.5. The minimum absolute atomic E-state index is 0.105. The molecule has 15 heavy (non-hydrogen) atoms. The van der Waals surface area contributed by atoms with E-state index in [0.29, 0.717) is 6.61 Å². The first-order valence-corrected chi connectivity index (χ1v) is 5.30. The number of nitrogens with zero attached hydrogens (tertiary/aromatic N) is 1. The third-order valence-electron chi connectivity index (χ3n) is 3.15. The lowest BCUT2D eigenvalue weighted by atomic mass is 9.87. The fourth-order valence-corrected chi connectivity index (χ4v) is 2.41. The Morgan fingerprint density at radius 2 is 2.47 bits per heavy atom. The van der Waals surface area contributed by atoms with E-state index in [0.717, 1.165) is 18.5 Å². The van der Waals surface area contributed by atoms with Crippen LogP contribution in [0.5, 0.6) is 0 Å². The molecule has 1 aliphatic carbocycles. The predicted octanol–water partition coefficient (Wildman–Crippen LogP) is 1.51. The van der Waals surface area contributed by atoms with Crippen molar-refractivity contribution in [3.8, 4) is 0 Å². The Morgan fingerprint density at radius 1 is 1.67 bits per heavy atom. The van der Waals surface area contributed by atoms with Crippen molar-refractivity contribution < 1.29 is 9.84 Å². The highest BCUT2D eigenvalue weighted by Crippen LogP contribution is 2.38. The summed E-state index contributed by atoms with van der Waals surface area (Å²) in [5.74, 6) is 0.105. The van der Waals surface area contributed by atoms with Crippen molar-refractivity contribution in [1.82, 2.24) is 4.98 Å². The van der Waals surface area contributed by atoms with Crippen LogP contribution in [0.2, 0.25) is 0 Å². The number of hydrogen-bond donors (Lipinski definition) is 1. The number of aryl methyl sites for hydroxylation is 1. The summed E-state index contributed by atoms with van der Waals surface area (Å²) in [7, 11) is 1.61. The van der Waals surface area contributed by atoms with Gasteiger partial charge in [-0.1, -0.05) is 6.07 Å². The van der Waals surface area contributed by atoms with Gasteiger partial charge in [0, 0.05) is 24.9 Å². The lowest BCUT2D eigenvalue weighted by molar-refractivity contribution is -0.0375. The number of methoxy groups -OCH3 is 1. The number of aliphatic hydroxyl groups is 1. The standard InChI is InChI=1S/C12H17NO2/c1-12(14,8-15-2)10-6-5-9-4-3-7-13-11(9)10/h3-4,7,10,14H,5-6,8H2,1-2H3. The van der Waals surface area contributed by atoms with Crippen LogP contribution in [0.1, 0.15) is 30.5 Å². The summed E-state index contributed by atoms with van der Waals surface area (Å²) >= 11 is 0. The summed E-state index contributed by atoms with van der Waals surface area (Å²) < 4.78 is 5.06. The first-order chi connectivity index (χ1) is 7.15. The summed E-state index contributed by atoms with van der Waals surface area (Å²) in [6, 6.07) is 4.04. The quantitative estimate of drug-likeness (QED) is 0.817. The van der Waals surface area contributed by atoms with E-state index in [9.17, 15) is 5.11 Å². The molecule has 0 spiro atoms. The number of aromatic nitrogens is 1. The molecule has 0 fully saturated rings. The van der Waals surface area contributed by atoms with E-state index >= 15 is 0 Å². The Hall–Kier alpha value is -0.930. The lowest BCUT2D eigenvalue weighted by Crippen LogP contribution is -2.36. The zero-order valence-electron chi connectivity index (χ0n) is 9.23. The van der Waals surface area contributed by atoms with Gasteiger partial charge >= 0.3 is 0 Å². The number of ether oxygens (including phenoxy) is 1. The van der Waals surface area contributed by atoms with Crippen LogP contribution in [0.25, 0.3) is 0 Å². The molecule has 0 aliphatic heterocycles. The maximum atomic E-state index is 10.3. The number of hydrogen-bond acceptors (Lipinski definition) is 3. The molecular formula is C12H17NO2. The number of fused-ring (bicyclic) bond motifs is 1. The van der Waals surface area contributed by atoms with E-state index in [1.54, 1.807) is 13.3 Å². The van der Waals surface area contributed by atoms with Crippen molar-refractivity contribution >= 4 is 0 Å². The molecular weight excluding hydrogens is 190 g/mol. The molecule has 0 saturated heterocycles. The highest BCUT2D eigenvalue weighted by molar-refractivity contribution is 5.30.